The first-order valence-corrected chi connectivity index (χ1v) is 19.6. The lowest BCUT2D eigenvalue weighted by Gasteiger charge is -2.71. The molecule has 2 spiro atoms. The second kappa shape index (κ2) is 13.3. The summed E-state index contributed by atoms with van der Waals surface area (Å²) in [5.41, 5.74) is -4.37. The second-order valence-corrected chi connectivity index (χ2v) is 17.4. The van der Waals surface area contributed by atoms with E-state index in [0.717, 1.165) is 29.3 Å². The minimum Gasteiger partial charge on any atom is -0.410 e. The summed E-state index contributed by atoms with van der Waals surface area (Å²) in [4.78, 5) is 30.4. The van der Waals surface area contributed by atoms with Crippen molar-refractivity contribution in [3.05, 3.63) is 102 Å². The number of rotatable bonds is 9. The SMILES string of the molecule is COCCCN(CC1(O)CCC2C34C=CC5(C=C3C(=O)c3cccc(C(F)(F)F)c3)CC(O)CCC5(C)C4CCC21C)C(=O)Oc1ccc2ccccc2c1. The molecule has 2 bridgehead atoms. The van der Waals surface area contributed by atoms with E-state index >= 15 is 0 Å². The van der Waals surface area contributed by atoms with Crippen molar-refractivity contribution in [3.63, 3.8) is 0 Å². The number of ether oxygens (including phenoxy) is 2. The van der Waals surface area contributed by atoms with Gasteiger partial charge in [-0.15, -0.1) is 0 Å². The highest BCUT2D eigenvalue weighted by Crippen LogP contribution is 2.78. The number of aliphatic hydroxyl groups is 2. The van der Waals surface area contributed by atoms with Crippen molar-refractivity contribution in [1.82, 2.24) is 4.90 Å². The third kappa shape index (κ3) is 5.80. The Bertz CT molecular complexity index is 2080. The number of Topliss-reactive ketones (excluding diaryl/α,β-unsaturated/α-hetero) is 1. The summed E-state index contributed by atoms with van der Waals surface area (Å²) < 4.78 is 53.0. The van der Waals surface area contributed by atoms with Crippen molar-refractivity contribution in [1.29, 1.82) is 0 Å². The van der Waals surface area contributed by atoms with Crippen LogP contribution in [0.2, 0.25) is 0 Å². The zero-order valence-electron chi connectivity index (χ0n) is 31.7. The van der Waals surface area contributed by atoms with E-state index in [9.17, 15) is 33.0 Å². The van der Waals surface area contributed by atoms with Crippen molar-refractivity contribution in [2.45, 2.75) is 83.1 Å². The van der Waals surface area contributed by atoms with Gasteiger partial charge in [-0.05, 0) is 104 Å². The van der Waals surface area contributed by atoms with Crippen LogP contribution in [0.15, 0.2) is 90.5 Å². The van der Waals surface area contributed by atoms with Gasteiger partial charge in [-0.25, -0.2) is 4.79 Å². The van der Waals surface area contributed by atoms with Gasteiger partial charge in [0, 0.05) is 47.6 Å². The number of ketones is 1. The van der Waals surface area contributed by atoms with Crippen molar-refractivity contribution in [3.8, 4) is 5.75 Å². The summed E-state index contributed by atoms with van der Waals surface area (Å²) in [6, 6.07) is 17.9. The summed E-state index contributed by atoms with van der Waals surface area (Å²) >= 11 is 0. The Balaban J connectivity index is 1.16. The summed E-state index contributed by atoms with van der Waals surface area (Å²) in [5.74, 6) is -0.334. The highest BCUT2D eigenvalue weighted by atomic mass is 19.4. The number of hydrogen-bond donors (Lipinski definition) is 2. The van der Waals surface area contributed by atoms with E-state index in [1.165, 1.54) is 12.1 Å². The molecule has 0 aromatic heterocycles. The molecule has 8 atom stereocenters. The van der Waals surface area contributed by atoms with E-state index < -0.39 is 51.6 Å². The fraction of sp³-hybridized carbons (Fsp3) is 0.511. The fourth-order valence-corrected chi connectivity index (χ4v) is 11.9. The van der Waals surface area contributed by atoms with Gasteiger partial charge in [0.25, 0.3) is 0 Å². The number of allylic oxidation sites excluding steroid dienone is 4. The molecule has 3 aromatic carbocycles. The van der Waals surface area contributed by atoms with Crippen LogP contribution in [0, 0.1) is 33.5 Å². The van der Waals surface area contributed by atoms with Crippen LogP contribution in [0.4, 0.5) is 18.0 Å². The molecule has 0 saturated heterocycles. The number of benzene rings is 3. The van der Waals surface area contributed by atoms with E-state index in [0.29, 0.717) is 69.4 Å². The molecule has 1 amide bonds. The van der Waals surface area contributed by atoms with Crippen LogP contribution in [-0.2, 0) is 10.9 Å². The van der Waals surface area contributed by atoms with E-state index in [4.69, 9.17) is 9.47 Å². The van der Waals surface area contributed by atoms with Crippen molar-refractivity contribution in [2.24, 2.45) is 33.5 Å². The Morgan fingerprint density at radius 2 is 1.62 bits per heavy atom. The van der Waals surface area contributed by atoms with Crippen LogP contribution in [0.25, 0.3) is 10.8 Å². The number of alkyl halides is 3. The van der Waals surface area contributed by atoms with Crippen LogP contribution in [0.5, 0.6) is 5.75 Å². The smallest absolute Gasteiger partial charge is 0.410 e. The summed E-state index contributed by atoms with van der Waals surface area (Å²) in [6.45, 7) is 5.04. The molecule has 9 rings (SSSR count). The van der Waals surface area contributed by atoms with Gasteiger partial charge in [-0.1, -0.05) is 74.5 Å². The molecule has 6 aliphatic rings. The molecule has 0 aliphatic heterocycles. The third-order valence-electron chi connectivity index (χ3n) is 14.8. The largest absolute Gasteiger partial charge is 0.416 e. The predicted octanol–water partition coefficient (Wildman–Crippen LogP) is 9.17. The number of hydrogen-bond acceptors (Lipinski definition) is 6. The lowest BCUT2D eigenvalue weighted by molar-refractivity contribution is -0.175. The van der Waals surface area contributed by atoms with Crippen LogP contribution >= 0.6 is 0 Å². The monoisotopic (exact) mass is 757 g/mol. The maximum atomic E-state index is 14.8. The van der Waals surface area contributed by atoms with Crippen LogP contribution in [0.1, 0.15) is 81.1 Å². The molecule has 7 nitrogen and oxygen atoms in total. The van der Waals surface area contributed by atoms with Gasteiger partial charge in [-0.2, -0.15) is 13.2 Å². The third-order valence-corrected chi connectivity index (χ3v) is 14.8. The van der Waals surface area contributed by atoms with E-state index in [-0.39, 0.29) is 29.4 Å². The zero-order valence-corrected chi connectivity index (χ0v) is 31.7. The van der Waals surface area contributed by atoms with Crippen LogP contribution in [-0.4, -0.2) is 65.5 Å². The van der Waals surface area contributed by atoms with E-state index in [1.807, 2.05) is 42.5 Å². The lowest BCUT2D eigenvalue weighted by atomic mass is 9.32. The number of carbonyl (C=O) groups is 2. The average molecular weight is 758 g/mol. The number of carbonyl (C=O) groups excluding carboxylic acids is 2. The quantitative estimate of drug-likeness (QED) is 0.128. The van der Waals surface area contributed by atoms with Gasteiger partial charge in [0.05, 0.1) is 23.8 Å². The van der Waals surface area contributed by atoms with Gasteiger partial charge >= 0.3 is 12.3 Å². The molecule has 3 saturated carbocycles. The molecule has 0 radical (unpaired) electrons. The van der Waals surface area contributed by atoms with Gasteiger partial charge in [-0.3, -0.25) is 4.79 Å². The second-order valence-electron chi connectivity index (χ2n) is 17.4. The first-order chi connectivity index (χ1) is 26.1. The number of amides is 1. The topological polar surface area (TPSA) is 96.3 Å². The maximum absolute atomic E-state index is 14.8. The predicted molar refractivity (Wildman–Crippen MR) is 202 cm³/mol. The van der Waals surface area contributed by atoms with Crippen molar-refractivity contribution in [2.75, 3.05) is 26.8 Å². The number of halogens is 3. The first-order valence-electron chi connectivity index (χ1n) is 19.6. The molecule has 3 fully saturated rings. The molecule has 2 N–H and O–H groups in total. The van der Waals surface area contributed by atoms with Gasteiger partial charge < -0.3 is 24.6 Å². The van der Waals surface area contributed by atoms with Crippen molar-refractivity contribution < 1.29 is 42.4 Å². The average Bonchev–Trinajstić information content (AvgIpc) is 3.43. The Kier molecular flexibility index (Phi) is 9.17. The zero-order chi connectivity index (χ0) is 39.0. The number of aliphatic hydroxyl groups excluding tert-OH is 1. The van der Waals surface area contributed by atoms with E-state index in [1.54, 1.807) is 18.1 Å². The normalized spacial score (nSPS) is 34.8. The van der Waals surface area contributed by atoms with Crippen molar-refractivity contribution >= 4 is 22.6 Å². The molecule has 0 heterocycles. The Morgan fingerprint density at radius 3 is 2.38 bits per heavy atom. The van der Waals surface area contributed by atoms with Gasteiger partial charge in [0.15, 0.2) is 5.78 Å². The molecular weight excluding hydrogens is 707 g/mol. The van der Waals surface area contributed by atoms with Gasteiger partial charge in [0.2, 0.25) is 0 Å². The molecule has 292 valence electrons. The summed E-state index contributed by atoms with van der Waals surface area (Å²) in [5, 5.41) is 25.9. The van der Waals surface area contributed by atoms with Crippen LogP contribution in [0.3, 0.4) is 0 Å². The van der Waals surface area contributed by atoms with E-state index in [2.05, 4.69) is 26.0 Å². The minimum absolute atomic E-state index is 0.00854. The molecule has 6 aliphatic carbocycles. The minimum atomic E-state index is -4.61. The lowest BCUT2D eigenvalue weighted by Crippen LogP contribution is -2.67. The Labute approximate surface area is 320 Å². The highest BCUT2D eigenvalue weighted by Gasteiger charge is 2.74. The maximum Gasteiger partial charge on any atom is 0.416 e. The fourth-order valence-electron chi connectivity index (χ4n) is 11.9. The first kappa shape index (κ1) is 37.9. The molecule has 8 unspecified atom stereocenters. The number of fused-ring (bicyclic) bond motifs is 2. The Morgan fingerprint density at radius 1 is 0.891 bits per heavy atom. The standard InChI is InChI=1S/C45H50F3NO6/c1-40-17-14-33(50)26-42(40)20-21-44(35(27-42)38(51)31-10-6-11-32(24-31)45(46,47)48)36(40)15-18-41(2)37(44)16-19-43(41,53)28-49(22-7-23-54-3)39(52)55-34-13-12-29-8-4-5-9-30(29)25-34/h4-6,8-13,20-21,24-25,27,33,36-37,50,53H,7,14-19,22-23,26,28H2,1-3H3. The molecule has 55 heavy (non-hydrogen) atoms. The van der Waals surface area contributed by atoms with Crippen LogP contribution < -0.4 is 4.74 Å². The number of nitrogens with zero attached hydrogens (tertiary/aromatic N) is 1. The summed E-state index contributed by atoms with van der Waals surface area (Å²) in [7, 11) is 1.60. The molecular formula is C45H50F3NO6. The number of methoxy groups -OCH3 is 1. The molecule has 3 aromatic rings. The Hall–Kier alpha value is -3.99. The highest BCUT2D eigenvalue weighted by molar-refractivity contribution is 6.10. The molecule has 10 heteroatoms. The van der Waals surface area contributed by atoms with Gasteiger partial charge in [0.1, 0.15) is 5.75 Å². The summed E-state index contributed by atoms with van der Waals surface area (Å²) in [6.07, 6.45) is 5.11.